The molecule has 1 fully saturated rings. The molecule has 0 heterocycles. The lowest BCUT2D eigenvalue weighted by atomic mass is 9.73. The van der Waals surface area contributed by atoms with Gasteiger partial charge in [0.2, 0.25) is 0 Å². The third kappa shape index (κ3) is 3.38. The maximum absolute atomic E-state index is 13.9. The molecule has 0 unspecified atom stereocenters. The normalized spacial score (nSPS) is 17.1. The van der Waals surface area contributed by atoms with Crippen molar-refractivity contribution in [2.75, 3.05) is 10.7 Å². The molecule has 106 valence electrons. The van der Waals surface area contributed by atoms with E-state index in [1.165, 1.54) is 43.9 Å². The van der Waals surface area contributed by atoms with Gasteiger partial charge in [0.15, 0.2) is 0 Å². The van der Waals surface area contributed by atoms with Gasteiger partial charge in [-0.05, 0) is 54.4 Å². The van der Waals surface area contributed by atoms with Crippen LogP contribution in [0.5, 0.6) is 0 Å². The first-order valence-electron chi connectivity index (χ1n) is 6.67. The molecule has 0 aromatic heterocycles. The van der Waals surface area contributed by atoms with Gasteiger partial charge in [-0.1, -0.05) is 44.7 Å². The summed E-state index contributed by atoms with van der Waals surface area (Å²) in [7, 11) is 0. The Kier molecular flexibility index (Phi) is 5.41. The number of hydrogen-bond acceptors (Lipinski definition) is 0. The minimum atomic E-state index is -0.360. The SMILES string of the molecule is Fc1ccc(F)c(CC(CBr)(CBr)C2CCCC2)c1. The quantitative estimate of drug-likeness (QED) is 0.579. The Hall–Kier alpha value is 0.0400. The predicted octanol–water partition coefficient (Wildman–Crippen LogP) is 5.47. The summed E-state index contributed by atoms with van der Waals surface area (Å²) in [5.41, 5.74) is 0.469. The third-order valence-corrected chi connectivity index (χ3v) is 6.54. The van der Waals surface area contributed by atoms with Crippen LogP contribution in [-0.4, -0.2) is 10.7 Å². The van der Waals surface area contributed by atoms with Crippen molar-refractivity contribution in [3.8, 4) is 0 Å². The Balaban J connectivity index is 2.27. The molecule has 0 radical (unpaired) electrons. The highest BCUT2D eigenvalue weighted by atomic mass is 79.9. The Morgan fingerprint density at radius 3 is 2.32 bits per heavy atom. The van der Waals surface area contributed by atoms with Crippen molar-refractivity contribution in [1.29, 1.82) is 0 Å². The molecule has 0 N–H and O–H groups in total. The molecule has 1 aliphatic rings. The van der Waals surface area contributed by atoms with Crippen LogP contribution in [0.15, 0.2) is 18.2 Å². The molecule has 0 atom stereocenters. The Morgan fingerprint density at radius 1 is 1.11 bits per heavy atom. The van der Waals surface area contributed by atoms with E-state index in [4.69, 9.17) is 0 Å². The zero-order valence-corrected chi connectivity index (χ0v) is 13.9. The highest BCUT2D eigenvalue weighted by Gasteiger charge is 2.39. The molecule has 1 aromatic rings. The van der Waals surface area contributed by atoms with Crippen LogP contribution in [0.25, 0.3) is 0 Å². The van der Waals surface area contributed by atoms with Crippen molar-refractivity contribution in [3.63, 3.8) is 0 Å². The second-order valence-electron chi connectivity index (χ2n) is 5.52. The van der Waals surface area contributed by atoms with E-state index in [1.54, 1.807) is 0 Å². The van der Waals surface area contributed by atoms with E-state index in [0.717, 1.165) is 10.7 Å². The smallest absolute Gasteiger partial charge is 0.126 e. The number of halogens is 4. The molecule has 1 saturated carbocycles. The molecule has 0 spiro atoms. The van der Waals surface area contributed by atoms with Gasteiger partial charge in [-0.25, -0.2) is 8.78 Å². The Bertz CT molecular complexity index is 424. The van der Waals surface area contributed by atoms with Crippen LogP contribution < -0.4 is 0 Å². The molecule has 0 amide bonds. The fraction of sp³-hybridized carbons (Fsp3) is 0.600. The molecule has 0 nitrogen and oxygen atoms in total. The van der Waals surface area contributed by atoms with Crippen LogP contribution in [0.3, 0.4) is 0 Å². The maximum Gasteiger partial charge on any atom is 0.126 e. The van der Waals surface area contributed by atoms with E-state index in [9.17, 15) is 8.78 Å². The van der Waals surface area contributed by atoms with E-state index in [1.807, 2.05) is 0 Å². The lowest BCUT2D eigenvalue weighted by Crippen LogP contribution is -2.35. The van der Waals surface area contributed by atoms with Gasteiger partial charge in [0.25, 0.3) is 0 Å². The summed E-state index contributed by atoms with van der Waals surface area (Å²) in [5.74, 6) is -0.0829. The highest BCUT2D eigenvalue weighted by molar-refractivity contribution is 9.09. The van der Waals surface area contributed by atoms with E-state index >= 15 is 0 Å². The minimum absolute atomic E-state index is 0.0227. The fourth-order valence-corrected chi connectivity index (χ4v) is 5.33. The van der Waals surface area contributed by atoms with Crippen molar-refractivity contribution in [2.45, 2.75) is 32.1 Å². The van der Waals surface area contributed by atoms with Crippen LogP contribution in [-0.2, 0) is 6.42 Å². The summed E-state index contributed by atoms with van der Waals surface area (Å²) in [6.45, 7) is 0. The van der Waals surface area contributed by atoms with Gasteiger partial charge in [-0.2, -0.15) is 0 Å². The summed E-state index contributed by atoms with van der Waals surface area (Å²) in [5, 5.41) is 1.62. The van der Waals surface area contributed by atoms with Gasteiger partial charge in [0, 0.05) is 10.7 Å². The average molecular weight is 396 g/mol. The predicted molar refractivity (Wildman–Crippen MR) is 82.0 cm³/mol. The summed E-state index contributed by atoms with van der Waals surface area (Å²) in [6, 6.07) is 3.75. The molecule has 0 aliphatic heterocycles. The van der Waals surface area contributed by atoms with Crippen molar-refractivity contribution >= 4 is 31.9 Å². The Labute approximate surface area is 130 Å². The van der Waals surface area contributed by atoms with E-state index in [0.29, 0.717) is 17.9 Å². The molecule has 19 heavy (non-hydrogen) atoms. The second kappa shape index (κ2) is 6.66. The first kappa shape index (κ1) is 15.4. The monoisotopic (exact) mass is 394 g/mol. The lowest BCUT2D eigenvalue weighted by Gasteiger charge is -2.36. The minimum Gasteiger partial charge on any atom is -0.207 e. The van der Waals surface area contributed by atoms with Crippen molar-refractivity contribution in [2.24, 2.45) is 11.3 Å². The molecular weight excluding hydrogens is 378 g/mol. The highest BCUT2D eigenvalue weighted by Crippen LogP contribution is 2.45. The molecular formula is C15H18Br2F2. The number of alkyl halides is 2. The molecule has 0 saturated heterocycles. The summed E-state index contributed by atoms with van der Waals surface area (Å²) in [4.78, 5) is 0. The van der Waals surface area contributed by atoms with Crippen molar-refractivity contribution < 1.29 is 8.78 Å². The van der Waals surface area contributed by atoms with Gasteiger partial charge in [-0.3, -0.25) is 0 Å². The van der Waals surface area contributed by atoms with Gasteiger partial charge < -0.3 is 0 Å². The van der Waals surface area contributed by atoms with Gasteiger partial charge >= 0.3 is 0 Å². The molecule has 4 heteroatoms. The first-order chi connectivity index (χ1) is 9.11. The zero-order valence-electron chi connectivity index (χ0n) is 10.8. The van der Waals surface area contributed by atoms with Crippen molar-refractivity contribution in [1.82, 2.24) is 0 Å². The average Bonchev–Trinajstić information content (AvgIpc) is 2.94. The summed E-state index contributed by atoms with van der Waals surface area (Å²) < 4.78 is 27.2. The molecule has 1 aliphatic carbocycles. The molecule has 2 rings (SSSR count). The van der Waals surface area contributed by atoms with Crippen LogP contribution in [0.2, 0.25) is 0 Å². The van der Waals surface area contributed by atoms with Crippen molar-refractivity contribution in [3.05, 3.63) is 35.4 Å². The zero-order chi connectivity index (χ0) is 13.9. The summed E-state index contributed by atoms with van der Waals surface area (Å²) >= 11 is 7.20. The topological polar surface area (TPSA) is 0 Å². The maximum atomic E-state index is 13.9. The number of hydrogen-bond donors (Lipinski definition) is 0. The third-order valence-electron chi connectivity index (χ3n) is 4.30. The van der Waals surface area contributed by atoms with E-state index in [2.05, 4.69) is 31.9 Å². The Morgan fingerprint density at radius 2 is 1.74 bits per heavy atom. The molecule has 1 aromatic carbocycles. The largest absolute Gasteiger partial charge is 0.207 e. The lowest BCUT2D eigenvalue weighted by molar-refractivity contribution is 0.230. The standard InChI is InChI=1S/C15H18Br2F2/c16-9-15(10-17,12-3-1-2-4-12)8-11-7-13(18)5-6-14(11)19/h5-7,12H,1-4,8-10H2. The summed E-state index contributed by atoms with van der Waals surface area (Å²) in [6.07, 6.45) is 5.45. The van der Waals surface area contributed by atoms with Gasteiger partial charge in [-0.15, -0.1) is 0 Å². The number of rotatable bonds is 5. The van der Waals surface area contributed by atoms with Gasteiger partial charge in [0.1, 0.15) is 11.6 Å². The van der Waals surface area contributed by atoms with Gasteiger partial charge in [0.05, 0.1) is 0 Å². The fourth-order valence-electron chi connectivity index (χ4n) is 3.09. The van der Waals surface area contributed by atoms with Crippen LogP contribution in [0.4, 0.5) is 8.78 Å². The van der Waals surface area contributed by atoms with Crippen LogP contribution >= 0.6 is 31.9 Å². The first-order valence-corrected chi connectivity index (χ1v) is 8.91. The molecule has 0 bridgehead atoms. The van der Waals surface area contributed by atoms with Crippen LogP contribution in [0, 0.1) is 23.0 Å². The van der Waals surface area contributed by atoms with Crippen LogP contribution in [0.1, 0.15) is 31.2 Å². The van der Waals surface area contributed by atoms with E-state index < -0.39 is 0 Å². The van der Waals surface area contributed by atoms with E-state index in [-0.39, 0.29) is 17.0 Å². The number of benzene rings is 1. The second-order valence-corrected chi connectivity index (χ2v) is 6.64.